The van der Waals surface area contributed by atoms with Crippen LogP contribution in [0.4, 0.5) is 0 Å². The number of aliphatic hydroxyl groups is 2. The van der Waals surface area contributed by atoms with Gasteiger partial charge in [0.05, 0.1) is 18.8 Å². The number of hydrogen-bond acceptors (Lipinski definition) is 4. The number of carbonyl (C=O) groups is 1. The van der Waals surface area contributed by atoms with Crippen molar-refractivity contribution < 1.29 is 19.7 Å². The molecule has 1 aliphatic heterocycles. The van der Waals surface area contributed by atoms with E-state index in [0.717, 1.165) is 5.56 Å². The summed E-state index contributed by atoms with van der Waals surface area (Å²) in [6.45, 7) is 2.38. The van der Waals surface area contributed by atoms with Crippen molar-refractivity contribution in [2.75, 3.05) is 13.1 Å². The molecule has 0 radical (unpaired) electrons. The molecule has 3 atom stereocenters. The molecule has 5 heteroatoms. The molecule has 2 N–H and O–H groups in total. The number of benzene rings is 1. The van der Waals surface area contributed by atoms with Crippen LogP contribution in [-0.4, -0.2) is 52.4 Å². The first-order valence-corrected chi connectivity index (χ1v) is 6.38. The molecule has 1 saturated heterocycles. The predicted molar refractivity (Wildman–Crippen MR) is 69.3 cm³/mol. The van der Waals surface area contributed by atoms with Crippen molar-refractivity contribution in [3.05, 3.63) is 35.9 Å². The second-order valence-corrected chi connectivity index (χ2v) is 4.82. The molecule has 104 valence electrons. The molecule has 0 aromatic heterocycles. The van der Waals surface area contributed by atoms with Gasteiger partial charge in [0.2, 0.25) is 0 Å². The van der Waals surface area contributed by atoms with Crippen molar-refractivity contribution >= 4 is 5.91 Å². The Hall–Kier alpha value is -1.43. The number of likely N-dealkylation sites (tertiary alicyclic amines) is 1. The minimum Gasteiger partial charge on any atom is -0.388 e. The maximum absolute atomic E-state index is 12.0. The molecule has 1 aromatic carbocycles. The van der Waals surface area contributed by atoms with Gasteiger partial charge in [-0.05, 0) is 12.5 Å². The van der Waals surface area contributed by atoms with Gasteiger partial charge < -0.3 is 19.8 Å². The molecule has 1 aromatic rings. The van der Waals surface area contributed by atoms with E-state index in [2.05, 4.69) is 0 Å². The first-order chi connectivity index (χ1) is 9.08. The summed E-state index contributed by atoms with van der Waals surface area (Å²) < 4.78 is 5.52. The van der Waals surface area contributed by atoms with Crippen LogP contribution < -0.4 is 0 Å². The maximum atomic E-state index is 12.0. The number of aliphatic hydroxyl groups excluding tert-OH is 2. The lowest BCUT2D eigenvalue weighted by Crippen LogP contribution is -2.38. The Morgan fingerprint density at radius 1 is 1.32 bits per heavy atom. The summed E-state index contributed by atoms with van der Waals surface area (Å²) in [5, 5.41) is 18.8. The van der Waals surface area contributed by atoms with E-state index in [1.807, 2.05) is 30.3 Å². The van der Waals surface area contributed by atoms with Gasteiger partial charge in [0, 0.05) is 13.1 Å². The lowest BCUT2D eigenvalue weighted by molar-refractivity contribution is -0.142. The standard InChI is InChI=1S/C14H19NO4/c1-10(19-9-11-5-3-2-4-6-11)14(18)15-7-12(16)13(17)8-15/h2-6,10,12-13,16-17H,7-9H2,1H3/t10?,12-,13+. The second-order valence-electron chi connectivity index (χ2n) is 4.82. The Bertz CT molecular complexity index is 413. The first-order valence-electron chi connectivity index (χ1n) is 6.38. The molecular formula is C14H19NO4. The van der Waals surface area contributed by atoms with Crippen molar-refractivity contribution in [2.45, 2.75) is 31.8 Å². The maximum Gasteiger partial charge on any atom is 0.251 e. The smallest absolute Gasteiger partial charge is 0.251 e. The Morgan fingerprint density at radius 2 is 1.89 bits per heavy atom. The summed E-state index contributed by atoms with van der Waals surface area (Å²) in [4.78, 5) is 13.5. The summed E-state index contributed by atoms with van der Waals surface area (Å²) in [6, 6.07) is 9.61. The van der Waals surface area contributed by atoms with E-state index in [4.69, 9.17) is 4.74 Å². The van der Waals surface area contributed by atoms with E-state index in [0.29, 0.717) is 6.61 Å². The number of hydrogen-bond donors (Lipinski definition) is 2. The van der Waals surface area contributed by atoms with Crippen molar-refractivity contribution in [1.82, 2.24) is 4.90 Å². The van der Waals surface area contributed by atoms with Gasteiger partial charge in [0.15, 0.2) is 0 Å². The molecule has 0 saturated carbocycles. The van der Waals surface area contributed by atoms with Gasteiger partial charge in [0.25, 0.3) is 5.91 Å². The zero-order valence-electron chi connectivity index (χ0n) is 10.9. The van der Waals surface area contributed by atoms with Crippen LogP contribution in [0.15, 0.2) is 30.3 Å². The molecule has 1 heterocycles. The normalized spacial score (nSPS) is 24.5. The van der Waals surface area contributed by atoms with Gasteiger partial charge >= 0.3 is 0 Å². The highest BCUT2D eigenvalue weighted by Gasteiger charge is 2.34. The van der Waals surface area contributed by atoms with Crippen LogP contribution in [0, 0.1) is 0 Å². The largest absolute Gasteiger partial charge is 0.388 e. The van der Waals surface area contributed by atoms with E-state index in [1.54, 1.807) is 6.92 Å². The highest BCUT2D eigenvalue weighted by molar-refractivity contribution is 5.81. The lowest BCUT2D eigenvalue weighted by Gasteiger charge is -2.20. The van der Waals surface area contributed by atoms with Crippen LogP contribution >= 0.6 is 0 Å². The van der Waals surface area contributed by atoms with E-state index in [9.17, 15) is 15.0 Å². The van der Waals surface area contributed by atoms with E-state index < -0.39 is 18.3 Å². The van der Waals surface area contributed by atoms with Gasteiger partial charge in [0.1, 0.15) is 6.10 Å². The molecule has 2 rings (SSSR count). The Morgan fingerprint density at radius 3 is 2.47 bits per heavy atom. The van der Waals surface area contributed by atoms with Crippen LogP contribution in [0.5, 0.6) is 0 Å². The predicted octanol–water partition coefficient (Wildman–Crippen LogP) is 0.156. The SMILES string of the molecule is CC(OCc1ccccc1)C(=O)N1C[C@@H](O)[C@@H](O)C1. The fourth-order valence-corrected chi connectivity index (χ4v) is 2.07. The summed E-state index contributed by atoms with van der Waals surface area (Å²) >= 11 is 0. The number of carbonyl (C=O) groups excluding carboxylic acids is 1. The van der Waals surface area contributed by atoms with E-state index in [-0.39, 0.29) is 19.0 Å². The third-order valence-corrected chi connectivity index (χ3v) is 3.26. The van der Waals surface area contributed by atoms with Gasteiger partial charge in [-0.3, -0.25) is 4.79 Å². The molecule has 0 aliphatic carbocycles. The van der Waals surface area contributed by atoms with Crippen LogP contribution in [0.25, 0.3) is 0 Å². The van der Waals surface area contributed by atoms with Gasteiger partial charge in [-0.1, -0.05) is 30.3 Å². The molecule has 1 aliphatic rings. The van der Waals surface area contributed by atoms with Gasteiger partial charge in [-0.15, -0.1) is 0 Å². The summed E-state index contributed by atoms with van der Waals surface area (Å²) in [6.07, 6.45) is -2.30. The summed E-state index contributed by atoms with van der Waals surface area (Å²) in [5.74, 6) is -0.202. The van der Waals surface area contributed by atoms with Gasteiger partial charge in [-0.2, -0.15) is 0 Å². The minimum absolute atomic E-state index is 0.166. The quantitative estimate of drug-likeness (QED) is 0.813. The molecule has 0 spiro atoms. The third-order valence-electron chi connectivity index (χ3n) is 3.26. The highest BCUT2D eigenvalue weighted by Crippen LogP contribution is 2.13. The Labute approximate surface area is 112 Å². The van der Waals surface area contributed by atoms with E-state index >= 15 is 0 Å². The fraction of sp³-hybridized carbons (Fsp3) is 0.500. The first kappa shape index (κ1) is 14.0. The van der Waals surface area contributed by atoms with Crippen molar-refractivity contribution in [1.29, 1.82) is 0 Å². The van der Waals surface area contributed by atoms with Crippen LogP contribution in [0.3, 0.4) is 0 Å². The Balaban J connectivity index is 1.83. The fourth-order valence-electron chi connectivity index (χ4n) is 2.07. The van der Waals surface area contributed by atoms with Crippen LogP contribution in [-0.2, 0) is 16.1 Å². The molecular weight excluding hydrogens is 246 g/mol. The molecule has 1 fully saturated rings. The molecule has 19 heavy (non-hydrogen) atoms. The van der Waals surface area contributed by atoms with Gasteiger partial charge in [-0.25, -0.2) is 0 Å². The average molecular weight is 265 g/mol. The van der Waals surface area contributed by atoms with Crippen LogP contribution in [0.2, 0.25) is 0 Å². The number of β-amino-alcohol motifs (C(OH)–C–C–N with tert-alkyl or cyclic N) is 2. The van der Waals surface area contributed by atoms with Crippen molar-refractivity contribution in [3.8, 4) is 0 Å². The lowest BCUT2D eigenvalue weighted by atomic mass is 10.2. The second kappa shape index (κ2) is 6.14. The Kier molecular flexibility index (Phi) is 4.52. The van der Waals surface area contributed by atoms with Crippen LogP contribution in [0.1, 0.15) is 12.5 Å². The molecule has 1 amide bonds. The number of ether oxygens (including phenoxy) is 1. The number of nitrogens with zero attached hydrogens (tertiary/aromatic N) is 1. The third kappa shape index (κ3) is 3.53. The van der Waals surface area contributed by atoms with Crippen molar-refractivity contribution in [3.63, 3.8) is 0 Å². The molecule has 5 nitrogen and oxygen atoms in total. The molecule has 1 unspecified atom stereocenters. The molecule has 0 bridgehead atoms. The highest BCUT2D eigenvalue weighted by atomic mass is 16.5. The zero-order valence-corrected chi connectivity index (χ0v) is 10.9. The average Bonchev–Trinajstić information content (AvgIpc) is 2.76. The van der Waals surface area contributed by atoms with Crippen molar-refractivity contribution in [2.24, 2.45) is 0 Å². The van der Waals surface area contributed by atoms with E-state index in [1.165, 1.54) is 4.90 Å². The summed E-state index contributed by atoms with van der Waals surface area (Å²) in [5.41, 5.74) is 1.00. The minimum atomic E-state index is -0.856. The number of rotatable bonds is 4. The topological polar surface area (TPSA) is 70.0 Å². The monoisotopic (exact) mass is 265 g/mol. The summed E-state index contributed by atoms with van der Waals surface area (Å²) in [7, 11) is 0. The number of amides is 1. The zero-order chi connectivity index (χ0) is 13.8.